The van der Waals surface area contributed by atoms with Crippen LogP contribution < -0.4 is 0 Å². The van der Waals surface area contributed by atoms with E-state index in [0.29, 0.717) is 0 Å². The molecule has 0 aromatic rings. The van der Waals surface area contributed by atoms with E-state index in [1.165, 1.54) is 0 Å². The Morgan fingerprint density at radius 1 is 0.733 bits per heavy atom. The van der Waals surface area contributed by atoms with Gasteiger partial charge in [0.1, 0.15) is 0 Å². The van der Waals surface area contributed by atoms with Crippen molar-refractivity contribution in [3.63, 3.8) is 0 Å². The second-order valence-corrected chi connectivity index (χ2v) is 2.39. The molecule has 1 nitrogen and oxygen atoms in total. The molecule has 0 heterocycles. The second kappa shape index (κ2) is 4.06. The monoisotopic (exact) mass is 250 g/mol. The molecule has 0 rings (SSSR count). The molecule has 0 unspecified atom stereocenters. The minimum atomic E-state index is -5.83. The van der Waals surface area contributed by atoms with E-state index in [0.717, 1.165) is 0 Å². The highest BCUT2D eigenvalue weighted by atomic mass is 19.4. The van der Waals surface area contributed by atoms with Crippen LogP contribution in [0, 0.1) is 5.92 Å². The minimum absolute atomic E-state index is 2.50. The molecule has 0 atom stereocenters. The van der Waals surface area contributed by atoms with Crippen LogP contribution in [0.5, 0.6) is 0 Å². The molecule has 0 fully saturated rings. The van der Waals surface area contributed by atoms with Crippen LogP contribution in [-0.4, -0.2) is 25.3 Å². The summed E-state index contributed by atoms with van der Waals surface area (Å²) in [4.78, 5) is 0. The maximum absolute atomic E-state index is 11.6. The average Bonchev–Trinajstić information content (AvgIpc) is 1.75. The first-order valence-electron chi connectivity index (χ1n) is 3.18. The number of halogens is 9. The number of hydrogen-bond acceptors (Lipinski definition) is 1. The fraction of sp³-hybridized carbons (Fsp3) is 1.00. The first kappa shape index (κ1) is 14.3. The van der Waals surface area contributed by atoms with Gasteiger partial charge in [0.2, 0.25) is 0 Å². The molecule has 0 saturated heterocycles. The summed E-state index contributed by atoms with van der Waals surface area (Å²) >= 11 is 0. The van der Waals surface area contributed by atoms with Gasteiger partial charge in [0.25, 0.3) is 0 Å². The van der Waals surface area contributed by atoms with Crippen molar-refractivity contribution in [2.75, 3.05) is 6.61 Å². The molecule has 0 aliphatic heterocycles. The van der Waals surface area contributed by atoms with E-state index in [4.69, 9.17) is 0 Å². The van der Waals surface area contributed by atoms with Crippen molar-refractivity contribution in [2.45, 2.75) is 18.7 Å². The number of ether oxygens (including phenoxy) is 1. The Morgan fingerprint density at radius 3 is 1.27 bits per heavy atom. The van der Waals surface area contributed by atoms with E-state index in [9.17, 15) is 39.5 Å². The number of hydrogen-bond donors (Lipinski definition) is 0. The van der Waals surface area contributed by atoms with Gasteiger partial charge in [-0.05, 0) is 0 Å². The molecule has 0 aromatic carbocycles. The molecule has 0 spiro atoms. The number of alkyl halides is 9. The topological polar surface area (TPSA) is 9.23 Å². The van der Waals surface area contributed by atoms with Crippen molar-refractivity contribution in [2.24, 2.45) is 5.92 Å². The normalized spacial score (nSPS) is 14.8. The van der Waals surface area contributed by atoms with E-state index in [1.807, 2.05) is 0 Å². The Morgan fingerprint density at radius 2 is 1.07 bits per heavy atom. The lowest BCUT2D eigenvalue weighted by Gasteiger charge is -2.22. The van der Waals surface area contributed by atoms with Crippen LogP contribution >= 0.6 is 0 Å². The Bertz CT molecular complexity index is 184. The Kier molecular flexibility index (Phi) is 3.88. The van der Waals surface area contributed by atoms with Crippen molar-refractivity contribution in [3.8, 4) is 0 Å². The zero-order valence-electron chi connectivity index (χ0n) is 6.59. The van der Waals surface area contributed by atoms with Crippen molar-refractivity contribution < 1.29 is 44.3 Å². The summed E-state index contributed by atoms with van der Waals surface area (Å²) in [5.41, 5.74) is 0. The zero-order chi connectivity index (χ0) is 12.5. The highest BCUT2D eigenvalue weighted by Crippen LogP contribution is 2.40. The summed E-state index contributed by atoms with van der Waals surface area (Å²) in [6.07, 6.45) is -17.2. The van der Waals surface area contributed by atoms with Gasteiger partial charge < -0.3 is 0 Å². The molecule has 0 N–H and O–H groups in total. The first-order valence-corrected chi connectivity index (χ1v) is 3.18. The standard InChI is InChI=1S/C5H3F9O/c6-3(7,8)2(4(9,10)11)1-15-5(12,13)14/h2H,1H2. The van der Waals surface area contributed by atoms with Gasteiger partial charge in [0.15, 0.2) is 5.92 Å². The second-order valence-electron chi connectivity index (χ2n) is 2.39. The molecule has 0 aliphatic rings. The average molecular weight is 250 g/mol. The SMILES string of the molecule is FC(F)(F)OCC(C(F)(F)F)C(F)(F)F. The van der Waals surface area contributed by atoms with Crippen LogP contribution in [0.2, 0.25) is 0 Å². The lowest BCUT2D eigenvalue weighted by molar-refractivity contribution is -0.360. The van der Waals surface area contributed by atoms with Crippen LogP contribution in [0.25, 0.3) is 0 Å². The van der Waals surface area contributed by atoms with Crippen LogP contribution in [0.15, 0.2) is 0 Å². The highest BCUT2D eigenvalue weighted by molar-refractivity contribution is 4.74. The maximum atomic E-state index is 11.6. The van der Waals surface area contributed by atoms with Gasteiger partial charge in [-0.3, -0.25) is 4.74 Å². The summed E-state index contributed by atoms with van der Waals surface area (Å²) in [5.74, 6) is -4.15. The molecule has 0 bridgehead atoms. The van der Waals surface area contributed by atoms with E-state index in [-0.39, 0.29) is 0 Å². The van der Waals surface area contributed by atoms with E-state index < -0.39 is 31.2 Å². The van der Waals surface area contributed by atoms with Crippen LogP contribution in [0.4, 0.5) is 39.5 Å². The molecule has 0 aliphatic carbocycles. The minimum Gasteiger partial charge on any atom is -0.291 e. The van der Waals surface area contributed by atoms with Gasteiger partial charge in [-0.15, -0.1) is 13.2 Å². The van der Waals surface area contributed by atoms with Crippen molar-refractivity contribution in [3.05, 3.63) is 0 Å². The molecule has 0 amide bonds. The molecule has 0 radical (unpaired) electrons. The molecule has 15 heavy (non-hydrogen) atoms. The smallest absolute Gasteiger partial charge is 0.291 e. The summed E-state index contributed by atoms with van der Waals surface area (Å²) in [5, 5.41) is 0. The number of rotatable bonds is 2. The van der Waals surface area contributed by atoms with Crippen molar-refractivity contribution in [1.29, 1.82) is 0 Å². The van der Waals surface area contributed by atoms with Gasteiger partial charge in [-0.25, -0.2) is 0 Å². The Balaban J connectivity index is 4.56. The van der Waals surface area contributed by atoms with Crippen LogP contribution in [0.1, 0.15) is 0 Å². The van der Waals surface area contributed by atoms with Gasteiger partial charge >= 0.3 is 18.7 Å². The predicted molar refractivity (Wildman–Crippen MR) is 27.6 cm³/mol. The third kappa shape index (κ3) is 5.70. The van der Waals surface area contributed by atoms with E-state index >= 15 is 0 Å². The summed E-state index contributed by atoms with van der Waals surface area (Å²) < 4.78 is 106. The zero-order valence-corrected chi connectivity index (χ0v) is 6.59. The lowest BCUT2D eigenvalue weighted by atomic mass is 10.1. The Labute approximate surface area is 76.8 Å². The molecular weight excluding hydrogens is 247 g/mol. The quantitative estimate of drug-likeness (QED) is 0.683. The fourth-order valence-electron chi connectivity index (χ4n) is 0.552. The highest BCUT2D eigenvalue weighted by Gasteiger charge is 2.57. The summed E-state index contributed by atoms with van der Waals surface area (Å²) in [6, 6.07) is 0. The van der Waals surface area contributed by atoms with E-state index in [2.05, 4.69) is 4.74 Å². The Hall–Kier alpha value is -0.670. The molecule has 0 aromatic heterocycles. The third-order valence-electron chi connectivity index (χ3n) is 1.20. The maximum Gasteiger partial charge on any atom is 0.522 e. The van der Waals surface area contributed by atoms with Gasteiger partial charge in [-0.2, -0.15) is 26.3 Å². The van der Waals surface area contributed by atoms with Gasteiger partial charge in [0, 0.05) is 0 Å². The predicted octanol–water partition coefficient (Wildman–Crippen LogP) is 3.26. The van der Waals surface area contributed by atoms with Crippen molar-refractivity contribution >= 4 is 0 Å². The van der Waals surface area contributed by atoms with Gasteiger partial charge in [0.05, 0.1) is 6.61 Å². The third-order valence-corrected chi connectivity index (χ3v) is 1.20. The molecule has 0 saturated carbocycles. The summed E-state index contributed by atoms with van der Waals surface area (Å²) in [6.45, 7) is -2.53. The fourth-order valence-corrected chi connectivity index (χ4v) is 0.552. The molecule has 92 valence electrons. The first-order chi connectivity index (χ1) is 6.34. The van der Waals surface area contributed by atoms with Crippen molar-refractivity contribution in [1.82, 2.24) is 0 Å². The molecular formula is C5H3F9O. The molecule has 10 heteroatoms. The lowest BCUT2D eigenvalue weighted by Crippen LogP contribution is -2.41. The van der Waals surface area contributed by atoms with Crippen LogP contribution in [0.3, 0.4) is 0 Å². The summed E-state index contributed by atoms with van der Waals surface area (Å²) in [7, 11) is 0. The largest absolute Gasteiger partial charge is 0.522 e. The van der Waals surface area contributed by atoms with Crippen LogP contribution in [-0.2, 0) is 4.74 Å². The van der Waals surface area contributed by atoms with Gasteiger partial charge in [-0.1, -0.05) is 0 Å². The van der Waals surface area contributed by atoms with E-state index in [1.54, 1.807) is 0 Å².